The van der Waals surface area contributed by atoms with E-state index in [4.69, 9.17) is 4.74 Å². The summed E-state index contributed by atoms with van der Waals surface area (Å²) in [6.45, 7) is 5.61. The third-order valence-corrected chi connectivity index (χ3v) is 3.74. The number of ether oxygens (including phenoxy) is 1. The van der Waals surface area contributed by atoms with E-state index in [0.717, 1.165) is 5.56 Å². The summed E-state index contributed by atoms with van der Waals surface area (Å²) in [7, 11) is 0. The van der Waals surface area contributed by atoms with Gasteiger partial charge in [-0.1, -0.05) is 49.0 Å². The van der Waals surface area contributed by atoms with Gasteiger partial charge in [-0.2, -0.15) is 0 Å². The molecule has 2 heteroatoms. The molecule has 0 bridgehead atoms. The van der Waals surface area contributed by atoms with Crippen molar-refractivity contribution in [1.29, 1.82) is 0 Å². The Balaban J connectivity index is 1.81. The van der Waals surface area contributed by atoms with Crippen LogP contribution in [0.25, 0.3) is 21.5 Å². The van der Waals surface area contributed by atoms with Crippen molar-refractivity contribution in [1.82, 2.24) is 0 Å². The molecule has 0 aliphatic carbocycles. The smallest absolute Gasteiger partial charge is 0.333 e. The predicted molar refractivity (Wildman–Crippen MR) is 90.9 cm³/mol. The van der Waals surface area contributed by atoms with Gasteiger partial charge in [-0.3, -0.25) is 0 Å². The van der Waals surface area contributed by atoms with Crippen molar-refractivity contribution in [2.24, 2.45) is 0 Å². The van der Waals surface area contributed by atoms with Gasteiger partial charge in [0.15, 0.2) is 0 Å². The summed E-state index contributed by atoms with van der Waals surface area (Å²) < 4.78 is 5.15. The molecule has 3 aromatic rings. The van der Waals surface area contributed by atoms with Gasteiger partial charge >= 0.3 is 5.97 Å². The van der Waals surface area contributed by atoms with Crippen molar-refractivity contribution in [3.8, 4) is 0 Å². The lowest BCUT2D eigenvalue weighted by Crippen LogP contribution is -2.07. The molecule has 0 fully saturated rings. The van der Waals surface area contributed by atoms with Gasteiger partial charge in [0.25, 0.3) is 0 Å². The van der Waals surface area contributed by atoms with E-state index in [1.807, 2.05) is 0 Å². The van der Waals surface area contributed by atoms with Crippen molar-refractivity contribution in [3.63, 3.8) is 0 Å². The van der Waals surface area contributed by atoms with Crippen LogP contribution in [0.2, 0.25) is 0 Å². The van der Waals surface area contributed by atoms with Crippen LogP contribution in [0.4, 0.5) is 0 Å². The summed E-state index contributed by atoms with van der Waals surface area (Å²) in [5.74, 6) is -0.327. The van der Waals surface area contributed by atoms with Gasteiger partial charge in [0.2, 0.25) is 0 Å². The molecule has 0 saturated carbocycles. The summed E-state index contributed by atoms with van der Waals surface area (Å²) in [5, 5.41) is 4.92. The summed E-state index contributed by atoms with van der Waals surface area (Å²) in [6, 6.07) is 19.1. The molecule has 0 aromatic heterocycles. The Kier molecular flexibility index (Phi) is 3.92. The Morgan fingerprint density at radius 3 is 2.27 bits per heavy atom. The summed E-state index contributed by atoms with van der Waals surface area (Å²) >= 11 is 0. The van der Waals surface area contributed by atoms with Crippen molar-refractivity contribution in [2.75, 3.05) is 6.61 Å². The molecule has 0 amide bonds. The van der Waals surface area contributed by atoms with Crippen LogP contribution in [0.15, 0.2) is 66.7 Å². The lowest BCUT2D eigenvalue weighted by atomic mass is 10.0. The van der Waals surface area contributed by atoms with Gasteiger partial charge in [0.05, 0.1) is 6.61 Å². The van der Waals surface area contributed by atoms with E-state index >= 15 is 0 Å². The van der Waals surface area contributed by atoms with E-state index in [1.54, 1.807) is 6.92 Å². The standard InChI is InChI=1S/C20H18O2/c1-14(2)20(21)22-10-9-15-7-8-18-12-16-5-3-4-6-17(16)13-19(18)11-15/h3-8,11-13H,1,9-10H2,2H3. The van der Waals surface area contributed by atoms with Crippen molar-refractivity contribution >= 4 is 27.5 Å². The predicted octanol–water partition coefficient (Wildman–Crippen LogP) is 4.65. The van der Waals surface area contributed by atoms with Crippen LogP contribution in [0.1, 0.15) is 12.5 Å². The number of esters is 1. The number of hydrogen-bond acceptors (Lipinski definition) is 2. The Hall–Kier alpha value is -2.61. The fraction of sp³-hybridized carbons (Fsp3) is 0.150. The van der Waals surface area contributed by atoms with Crippen LogP contribution in [0.5, 0.6) is 0 Å². The molecule has 0 unspecified atom stereocenters. The minimum atomic E-state index is -0.327. The van der Waals surface area contributed by atoms with E-state index in [0.29, 0.717) is 18.6 Å². The molecule has 0 saturated heterocycles. The average molecular weight is 290 g/mol. The number of fused-ring (bicyclic) bond motifs is 2. The van der Waals surface area contributed by atoms with E-state index in [2.05, 4.69) is 61.2 Å². The Bertz CT molecular complexity index is 862. The van der Waals surface area contributed by atoms with E-state index in [1.165, 1.54) is 21.5 Å². The first kappa shape index (κ1) is 14.3. The van der Waals surface area contributed by atoms with Crippen molar-refractivity contribution in [3.05, 3.63) is 72.3 Å². The zero-order valence-corrected chi connectivity index (χ0v) is 12.6. The zero-order chi connectivity index (χ0) is 15.5. The third kappa shape index (κ3) is 3.01. The van der Waals surface area contributed by atoms with E-state index in [9.17, 15) is 4.79 Å². The maximum absolute atomic E-state index is 11.4. The number of hydrogen-bond donors (Lipinski definition) is 0. The summed E-state index contributed by atoms with van der Waals surface area (Å²) in [4.78, 5) is 11.4. The molecule has 0 atom stereocenters. The fourth-order valence-corrected chi connectivity index (χ4v) is 2.53. The Morgan fingerprint density at radius 1 is 0.955 bits per heavy atom. The first-order valence-electron chi connectivity index (χ1n) is 7.37. The monoisotopic (exact) mass is 290 g/mol. The molecular weight excluding hydrogens is 272 g/mol. The van der Waals surface area contributed by atoms with Crippen molar-refractivity contribution in [2.45, 2.75) is 13.3 Å². The lowest BCUT2D eigenvalue weighted by molar-refractivity contribution is -0.138. The largest absolute Gasteiger partial charge is 0.462 e. The SMILES string of the molecule is C=C(C)C(=O)OCCc1ccc2cc3ccccc3cc2c1. The second kappa shape index (κ2) is 6.02. The molecule has 3 aromatic carbocycles. The van der Waals surface area contributed by atoms with Crippen LogP contribution in [0, 0.1) is 0 Å². The molecule has 22 heavy (non-hydrogen) atoms. The second-order valence-corrected chi connectivity index (χ2v) is 5.55. The van der Waals surface area contributed by atoms with Crippen LogP contribution >= 0.6 is 0 Å². The highest BCUT2D eigenvalue weighted by Crippen LogP contribution is 2.23. The van der Waals surface area contributed by atoms with Gasteiger partial charge in [-0.05, 0) is 46.2 Å². The maximum atomic E-state index is 11.4. The highest BCUT2D eigenvalue weighted by Gasteiger charge is 2.04. The molecule has 0 N–H and O–H groups in total. The fourth-order valence-electron chi connectivity index (χ4n) is 2.53. The zero-order valence-electron chi connectivity index (χ0n) is 12.6. The minimum Gasteiger partial charge on any atom is -0.462 e. The second-order valence-electron chi connectivity index (χ2n) is 5.55. The van der Waals surface area contributed by atoms with Gasteiger partial charge in [0, 0.05) is 12.0 Å². The molecule has 3 rings (SSSR count). The highest BCUT2D eigenvalue weighted by atomic mass is 16.5. The Morgan fingerprint density at radius 2 is 1.59 bits per heavy atom. The van der Waals surface area contributed by atoms with Crippen LogP contribution in [-0.2, 0) is 16.0 Å². The van der Waals surface area contributed by atoms with Gasteiger partial charge in [0.1, 0.15) is 0 Å². The Labute approximate surface area is 130 Å². The molecule has 0 radical (unpaired) electrons. The first-order valence-corrected chi connectivity index (χ1v) is 7.37. The maximum Gasteiger partial charge on any atom is 0.333 e. The van der Waals surface area contributed by atoms with E-state index in [-0.39, 0.29) is 5.97 Å². The molecule has 0 aliphatic rings. The van der Waals surface area contributed by atoms with Crippen LogP contribution < -0.4 is 0 Å². The van der Waals surface area contributed by atoms with Gasteiger partial charge < -0.3 is 4.74 Å². The molecule has 0 spiro atoms. The quantitative estimate of drug-likeness (QED) is 0.397. The van der Waals surface area contributed by atoms with E-state index < -0.39 is 0 Å². The van der Waals surface area contributed by atoms with Gasteiger partial charge in [-0.25, -0.2) is 4.79 Å². The lowest BCUT2D eigenvalue weighted by Gasteiger charge is -2.07. The number of carbonyl (C=O) groups excluding carboxylic acids is 1. The molecule has 2 nitrogen and oxygen atoms in total. The minimum absolute atomic E-state index is 0.327. The topological polar surface area (TPSA) is 26.3 Å². The summed E-state index contributed by atoms with van der Waals surface area (Å²) in [6.07, 6.45) is 0.710. The molecule has 110 valence electrons. The van der Waals surface area contributed by atoms with Crippen LogP contribution in [0.3, 0.4) is 0 Å². The van der Waals surface area contributed by atoms with Crippen LogP contribution in [-0.4, -0.2) is 12.6 Å². The normalized spacial score (nSPS) is 10.8. The molecule has 0 aliphatic heterocycles. The number of carbonyl (C=O) groups is 1. The van der Waals surface area contributed by atoms with Gasteiger partial charge in [-0.15, -0.1) is 0 Å². The average Bonchev–Trinajstić information content (AvgIpc) is 2.52. The molecular formula is C20H18O2. The first-order chi connectivity index (χ1) is 10.6. The summed E-state index contributed by atoms with van der Waals surface area (Å²) in [5.41, 5.74) is 1.60. The highest BCUT2D eigenvalue weighted by molar-refractivity contribution is 5.98. The number of benzene rings is 3. The van der Waals surface area contributed by atoms with Crippen molar-refractivity contribution < 1.29 is 9.53 Å². The third-order valence-electron chi connectivity index (χ3n) is 3.74. The molecule has 0 heterocycles. The number of rotatable bonds is 4.